The number of benzene rings is 1. The molecule has 0 bridgehead atoms. The van der Waals surface area contributed by atoms with E-state index in [-0.39, 0.29) is 5.06 Å². The van der Waals surface area contributed by atoms with Crippen molar-refractivity contribution in [1.82, 2.24) is 4.90 Å². The van der Waals surface area contributed by atoms with Crippen LogP contribution in [0.3, 0.4) is 0 Å². The highest BCUT2D eigenvalue weighted by molar-refractivity contribution is 7.47. The first-order chi connectivity index (χ1) is 12.3. The fourth-order valence-electron chi connectivity index (χ4n) is 2.99. The van der Waals surface area contributed by atoms with Gasteiger partial charge in [-0.25, -0.2) is 9.36 Å². The van der Waals surface area contributed by atoms with Gasteiger partial charge < -0.3 is 9.26 Å². The fraction of sp³-hybridized carbons (Fsp3) is 0.312. The summed E-state index contributed by atoms with van der Waals surface area (Å²) < 4.78 is 20.7. The number of halogens is 1. The lowest BCUT2D eigenvalue weighted by Gasteiger charge is -2.33. The van der Waals surface area contributed by atoms with Crippen LogP contribution in [0, 0.1) is 0 Å². The zero-order valence-electron chi connectivity index (χ0n) is 13.8. The van der Waals surface area contributed by atoms with Crippen LogP contribution in [0.4, 0.5) is 0 Å². The molecule has 1 aliphatic rings. The van der Waals surface area contributed by atoms with Crippen molar-refractivity contribution in [2.45, 2.75) is 19.0 Å². The topological polar surface area (TPSA) is 96.3 Å². The third-order valence-corrected chi connectivity index (χ3v) is 6.09. The zero-order valence-corrected chi connectivity index (χ0v) is 16.3. The van der Waals surface area contributed by atoms with Gasteiger partial charge >= 0.3 is 13.8 Å². The molecule has 0 spiro atoms. The molecule has 26 heavy (non-hydrogen) atoms. The Morgan fingerprint density at radius 1 is 1.38 bits per heavy atom. The van der Waals surface area contributed by atoms with Crippen LogP contribution in [0.1, 0.15) is 22.0 Å². The predicted molar refractivity (Wildman–Crippen MR) is 97.3 cm³/mol. The lowest BCUT2D eigenvalue weighted by atomic mass is 10.0. The Morgan fingerprint density at radius 2 is 2.12 bits per heavy atom. The van der Waals surface area contributed by atoms with Gasteiger partial charge in [0.2, 0.25) is 0 Å². The Hall–Kier alpha value is -1.41. The minimum absolute atomic E-state index is 0.164. The molecule has 2 heterocycles. The van der Waals surface area contributed by atoms with E-state index in [1.807, 2.05) is 11.0 Å². The summed E-state index contributed by atoms with van der Waals surface area (Å²) in [4.78, 5) is 33.3. The Bertz CT molecular complexity index is 866. The second-order valence-corrected chi connectivity index (χ2v) is 8.43. The van der Waals surface area contributed by atoms with E-state index >= 15 is 0 Å². The number of carbonyl (C=O) groups is 1. The molecule has 3 rings (SSSR count). The lowest BCUT2D eigenvalue weighted by Crippen LogP contribution is -2.38. The van der Waals surface area contributed by atoms with E-state index in [1.165, 1.54) is 18.4 Å². The second kappa shape index (κ2) is 7.68. The summed E-state index contributed by atoms with van der Waals surface area (Å²) in [6.45, 7) is 0.995. The first-order valence-corrected chi connectivity index (χ1v) is 10.4. The molecule has 1 aliphatic heterocycles. The highest BCUT2D eigenvalue weighted by atomic mass is 35.5. The minimum atomic E-state index is -4.60. The van der Waals surface area contributed by atoms with E-state index < -0.39 is 19.8 Å². The van der Waals surface area contributed by atoms with E-state index in [0.29, 0.717) is 30.1 Å². The van der Waals surface area contributed by atoms with Gasteiger partial charge in [-0.1, -0.05) is 29.8 Å². The molecule has 1 atom stereocenters. The number of methoxy groups -OCH3 is 1. The molecule has 0 radical (unpaired) electrons. The molecular weight excluding hydrogens is 401 g/mol. The van der Waals surface area contributed by atoms with Gasteiger partial charge in [0, 0.05) is 23.0 Å². The highest BCUT2D eigenvalue weighted by Crippen LogP contribution is 2.44. The van der Waals surface area contributed by atoms with E-state index in [2.05, 4.69) is 4.52 Å². The first-order valence-electron chi connectivity index (χ1n) is 7.71. The Kier molecular flexibility index (Phi) is 5.72. The standard InChI is InChI=1S/C16H17ClNO6PS/c1-23-16(19)15(11-4-2-3-5-12(11)17)18-7-6-13-10(9-18)8-14(26-13)24-25(20,21)22/h2-5,8,15H,6-7,9H2,1H3,(H2,20,21,22)/t15-/m0/s1. The molecule has 0 aliphatic carbocycles. The number of thiophene rings is 1. The number of ether oxygens (including phenoxy) is 1. The number of carbonyl (C=O) groups excluding carboxylic acids is 1. The van der Waals surface area contributed by atoms with Gasteiger partial charge in [0.05, 0.1) is 7.11 Å². The molecule has 1 aromatic heterocycles. The number of fused-ring (bicyclic) bond motifs is 1. The molecule has 0 fully saturated rings. The van der Waals surface area contributed by atoms with Crippen LogP contribution >= 0.6 is 30.8 Å². The lowest BCUT2D eigenvalue weighted by molar-refractivity contribution is -0.147. The minimum Gasteiger partial charge on any atom is -0.468 e. The SMILES string of the molecule is COC(=O)[C@H](c1ccccc1Cl)N1CCc2sc(OP(=O)(O)O)cc2C1. The normalized spacial score (nSPS) is 16.0. The van der Waals surface area contributed by atoms with Gasteiger partial charge in [-0.05, 0) is 29.7 Å². The largest absolute Gasteiger partial charge is 0.525 e. The highest BCUT2D eigenvalue weighted by Gasteiger charge is 2.33. The molecule has 0 amide bonds. The first kappa shape index (κ1) is 19.4. The average Bonchev–Trinajstić information content (AvgIpc) is 2.96. The van der Waals surface area contributed by atoms with Crippen molar-refractivity contribution in [2.75, 3.05) is 13.7 Å². The Morgan fingerprint density at radius 3 is 2.77 bits per heavy atom. The van der Waals surface area contributed by atoms with Crippen LogP contribution in [0.25, 0.3) is 0 Å². The molecule has 2 aromatic rings. The van der Waals surface area contributed by atoms with Crippen LogP contribution in [-0.4, -0.2) is 34.3 Å². The maximum atomic E-state index is 12.4. The molecule has 140 valence electrons. The summed E-state index contributed by atoms with van der Waals surface area (Å²) in [5.41, 5.74) is 1.53. The molecule has 7 nitrogen and oxygen atoms in total. The van der Waals surface area contributed by atoms with Crippen molar-refractivity contribution in [1.29, 1.82) is 0 Å². The summed E-state index contributed by atoms with van der Waals surface area (Å²) in [7, 11) is -3.27. The van der Waals surface area contributed by atoms with E-state index in [9.17, 15) is 9.36 Å². The second-order valence-electron chi connectivity index (χ2n) is 5.76. The van der Waals surface area contributed by atoms with E-state index in [0.717, 1.165) is 10.4 Å². The number of esters is 1. The van der Waals surface area contributed by atoms with Crippen LogP contribution < -0.4 is 4.52 Å². The van der Waals surface area contributed by atoms with E-state index in [1.54, 1.807) is 24.3 Å². The fourth-order valence-corrected chi connectivity index (χ4v) is 4.85. The van der Waals surface area contributed by atoms with Crippen molar-refractivity contribution in [3.05, 3.63) is 51.4 Å². The number of rotatable bonds is 5. The van der Waals surface area contributed by atoms with Gasteiger partial charge in [-0.15, -0.1) is 11.3 Å². The van der Waals surface area contributed by atoms with Crippen molar-refractivity contribution < 1.29 is 28.4 Å². The number of phosphoric ester groups is 1. The molecule has 10 heteroatoms. The third kappa shape index (κ3) is 4.28. The number of phosphoric acid groups is 1. The summed E-state index contributed by atoms with van der Waals surface area (Å²) in [6.07, 6.45) is 0.627. The van der Waals surface area contributed by atoms with Crippen molar-refractivity contribution in [3.8, 4) is 5.06 Å². The average molecular weight is 418 g/mol. The molecular formula is C16H17ClNO6PS. The third-order valence-electron chi connectivity index (χ3n) is 4.07. The maximum absolute atomic E-state index is 12.4. The zero-order chi connectivity index (χ0) is 18.9. The molecule has 0 unspecified atom stereocenters. The molecule has 0 saturated heterocycles. The number of hydrogen-bond donors (Lipinski definition) is 2. The van der Waals surface area contributed by atoms with Crippen molar-refractivity contribution in [2.24, 2.45) is 0 Å². The van der Waals surface area contributed by atoms with Gasteiger partial charge in [0.1, 0.15) is 6.04 Å². The Balaban J connectivity index is 1.88. The number of hydrogen-bond acceptors (Lipinski definition) is 6. The van der Waals surface area contributed by atoms with Crippen LogP contribution in [-0.2, 0) is 27.1 Å². The van der Waals surface area contributed by atoms with Crippen molar-refractivity contribution in [3.63, 3.8) is 0 Å². The summed E-state index contributed by atoms with van der Waals surface area (Å²) in [5, 5.41) is 0.641. The molecule has 0 saturated carbocycles. The van der Waals surface area contributed by atoms with Crippen LogP contribution in [0.15, 0.2) is 30.3 Å². The van der Waals surface area contributed by atoms with Crippen LogP contribution in [0.2, 0.25) is 5.02 Å². The smallest absolute Gasteiger partial charge is 0.468 e. The summed E-state index contributed by atoms with van der Waals surface area (Å²) in [5.74, 6) is -0.413. The predicted octanol–water partition coefficient (Wildman–Crippen LogP) is 3.15. The number of nitrogens with zero attached hydrogens (tertiary/aromatic N) is 1. The quantitative estimate of drug-likeness (QED) is 0.569. The van der Waals surface area contributed by atoms with Gasteiger partial charge in [0.25, 0.3) is 0 Å². The Labute approximate surface area is 159 Å². The van der Waals surface area contributed by atoms with E-state index in [4.69, 9.17) is 26.1 Å². The van der Waals surface area contributed by atoms with Gasteiger partial charge in [-0.2, -0.15) is 0 Å². The van der Waals surface area contributed by atoms with Gasteiger partial charge in [0.15, 0.2) is 5.06 Å². The molecule has 2 N–H and O–H groups in total. The van der Waals surface area contributed by atoms with Gasteiger partial charge in [-0.3, -0.25) is 14.7 Å². The van der Waals surface area contributed by atoms with Crippen LogP contribution in [0.5, 0.6) is 5.06 Å². The monoisotopic (exact) mass is 417 g/mol. The molecule has 1 aromatic carbocycles. The summed E-state index contributed by atoms with van der Waals surface area (Å²) >= 11 is 7.48. The maximum Gasteiger partial charge on any atom is 0.525 e. The van der Waals surface area contributed by atoms with Crippen molar-refractivity contribution >= 4 is 36.7 Å². The summed E-state index contributed by atoms with van der Waals surface area (Å²) in [6, 6.07) is 8.05.